The van der Waals surface area contributed by atoms with Gasteiger partial charge in [0.1, 0.15) is 0 Å². The van der Waals surface area contributed by atoms with Crippen LogP contribution in [0.5, 0.6) is 0 Å². The van der Waals surface area contributed by atoms with Gasteiger partial charge in [0.05, 0.1) is 5.69 Å². The molecule has 0 aliphatic carbocycles. The molecule has 0 aromatic heterocycles. The van der Waals surface area contributed by atoms with Crippen molar-refractivity contribution >= 4 is 34.6 Å². The van der Waals surface area contributed by atoms with Gasteiger partial charge in [-0.15, -0.1) is 4.48 Å². The highest BCUT2D eigenvalue weighted by Crippen LogP contribution is 2.38. The molecule has 3 aromatic rings. The van der Waals surface area contributed by atoms with E-state index in [4.69, 9.17) is 0 Å². The highest BCUT2D eigenvalue weighted by atomic mass is 19.2. The van der Waals surface area contributed by atoms with Crippen molar-refractivity contribution in [3.63, 3.8) is 0 Å². The second kappa shape index (κ2) is 10.2. The van der Waals surface area contributed by atoms with E-state index in [9.17, 15) is 14.1 Å². The number of hydrogen-bond acceptors (Lipinski definition) is 3. The molecular formula is C27H31FN4O2. The minimum Gasteiger partial charge on any atom is -0.324 e. The lowest BCUT2D eigenvalue weighted by atomic mass is 9.85. The van der Waals surface area contributed by atoms with Gasteiger partial charge in [-0.05, 0) is 72.4 Å². The number of aryl methyl sites for hydroxylation is 2. The summed E-state index contributed by atoms with van der Waals surface area (Å²) in [5, 5.41) is 6.17. The first-order valence-corrected chi connectivity index (χ1v) is 11.7. The fraction of sp³-hybridized carbons (Fsp3) is 0.333. The van der Waals surface area contributed by atoms with Crippen molar-refractivity contribution in [2.45, 2.75) is 39.0 Å². The van der Waals surface area contributed by atoms with E-state index >= 15 is 0 Å². The third-order valence-electron chi connectivity index (χ3n) is 6.71. The van der Waals surface area contributed by atoms with Crippen LogP contribution in [0, 0.1) is 6.92 Å². The van der Waals surface area contributed by atoms with Gasteiger partial charge in [-0.3, -0.25) is 4.79 Å². The van der Waals surface area contributed by atoms with Gasteiger partial charge in [-0.2, -0.15) is 0 Å². The Morgan fingerprint density at radius 1 is 1.15 bits per heavy atom. The van der Waals surface area contributed by atoms with E-state index < -0.39 is 0 Å². The molecule has 1 heterocycles. The molecule has 1 saturated heterocycles. The van der Waals surface area contributed by atoms with Gasteiger partial charge < -0.3 is 10.2 Å². The lowest BCUT2D eigenvalue weighted by Crippen LogP contribution is -2.40. The Labute approximate surface area is 199 Å². The van der Waals surface area contributed by atoms with Crippen LogP contribution in [-0.4, -0.2) is 42.7 Å². The van der Waals surface area contributed by atoms with Crippen molar-refractivity contribution < 1.29 is 14.1 Å². The molecule has 178 valence electrons. The zero-order chi connectivity index (χ0) is 24.2. The number of nitrogens with zero attached hydrogens (tertiary/aromatic N) is 3. The molecule has 0 atom stereocenters. The van der Waals surface area contributed by atoms with E-state index in [0.29, 0.717) is 30.4 Å². The highest BCUT2D eigenvalue weighted by molar-refractivity contribution is 6.02. The predicted molar refractivity (Wildman–Crippen MR) is 134 cm³/mol. The van der Waals surface area contributed by atoms with E-state index in [1.165, 1.54) is 18.2 Å². The number of carbonyl (C=O) groups is 2. The van der Waals surface area contributed by atoms with Crippen LogP contribution in [0.15, 0.2) is 54.6 Å². The SMILES string of the molecule is CCc1cccc(NC(=O)N2CCC(c3ccc(N(C=O)N(C)F)c4c(C)cccc34)CC2)c1. The molecule has 7 heteroatoms. The van der Waals surface area contributed by atoms with E-state index in [2.05, 4.69) is 18.3 Å². The molecule has 0 saturated carbocycles. The Kier molecular flexibility index (Phi) is 7.12. The molecule has 4 rings (SSSR count). The first kappa shape index (κ1) is 23.7. The summed E-state index contributed by atoms with van der Waals surface area (Å²) in [6.07, 6.45) is 3.08. The smallest absolute Gasteiger partial charge is 0.321 e. The average molecular weight is 463 g/mol. The van der Waals surface area contributed by atoms with Crippen LogP contribution in [0.2, 0.25) is 0 Å². The van der Waals surface area contributed by atoms with E-state index in [1.807, 2.05) is 60.4 Å². The number of urea groups is 1. The average Bonchev–Trinajstić information content (AvgIpc) is 2.84. The van der Waals surface area contributed by atoms with Crippen molar-refractivity contribution in [2.24, 2.45) is 0 Å². The fourth-order valence-corrected chi connectivity index (χ4v) is 4.87. The first-order chi connectivity index (χ1) is 16.4. The van der Waals surface area contributed by atoms with Crippen molar-refractivity contribution in [3.05, 3.63) is 71.3 Å². The highest BCUT2D eigenvalue weighted by Gasteiger charge is 2.26. The third-order valence-corrected chi connectivity index (χ3v) is 6.71. The summed E-state index contributed by atoms with van der Waals surface area (Å²) in [6.45, 7) is 5.38. The van der Waals surface area contributed by atoms with Gasteiger partial charge in [0, 0.05) is 31.2 Å². The molecule has 3 aromatic carbocycles. The summed E-state index contributed by atoms with van der Waals surface area (Å²) in [6, 6.07) is 17.7. The fourth-order valence-electron chi connectivity index (χ4n) is 4.87. The first-order valence-electron chi connectivity index (χ1n) is 11.7. The maximum absolute atomic E-state index is 14.0. The maximum Gasteiger partial charge on any atom is 0.321 e. The van der Waals surface area contributed by atoms with Gasteiger partial charge in [0.25, 0.3) is 0 Å². The van der Waals surface area contributed by atoms with Gasteiger partial charge in [0.15, 0.2) is 0 Å². The minimum absolute atomic E-state index is 0.0737. The van der Waals surface area contributed by atoms with Crippen LogP contribution in [0.1, 0.15) is 42.4 Å². The van der Waals surface area contributed by atoms with E-state index in [-0.39, 0.29) is 11.9 Å². The Morgan fingerprint density at radius 2 is 1.88 bits per heavy atom. The van der Waals surface area contributed by atoms with Crippen molar-refractivity contribution in [1.29, 1.82) is 0 Å². The second-order valence-electron chi connectivity index (χ2n) is 8.81. The van der Waals surface area contributed by atoms with Gasteiger partial charge >= 0.3 is 6.03 Å². The van der Waals surface area contributed by atoms with Crippen molar-refractivity contribution in [2.75, 3.05) is 30.5 Å². The number of rotatable bonds is 6. The number of benzene rings is 3. The zero-order valence-corrected chi connectivity index (χ0v) is 19.9. The molecule has 3 amide bonds. The largest absolute Gasteiger partial charge is 0.324 e. The second-order valence-corrected chi connectivity index (χ2v) is 8.81. The maximum atomic E-state index is 14.0. The van der Waals surface area contributed by atoms with Gasteiger partial charge in [0.2, 0.25) is 6.41 Å². The number of anilines is 2. The Balaban J connectivity index is 1.53. The minimum atomic E-state index is -0.0737. The molecule has 0 bridgehead atoms. The van der Waals surface area contributed by atoms with Crippen molar-refractivity contribution in [3.8, 4) is 0 Å². The predicted octanol–water partition coefficient (Wildman–Crippen LogP) is 5.82. The normalized spacial score (nSPS) is 14.4. The molecule has 34 heavy (non-hydrogen) atoms. The number of hydrogen-bond donors (Lipinski definition) is 1. The topological polar surface area (TPSA) is 55.9 Å². The molecule has 6 nitrogen and oxygen atoms in total. The summed E-state index contributed by atoms with van der Waals surface area (Å²) in [5.41, 5.74) is 4.68. The number of halogens is 1. The molecule has 1 aliphatic heterocycles. The number of fused-ring (bicyclic) bond motifs is 1. The third kappa shape index (κ3) is 4.75. The van der Waals surface area contributed by atoms with Crippen molar-refractivity contribution in [1.82, 2.24) is 10.1 Å². The summed E-state index contributed by atoms with van der Waals surface area (Å²) in [5.74, 6) is 0.276. The molecule has 0 radical (unpaired) electrons. The molecule has 0 spiro atoms. The van der Waals surface area contributed by atoms with Crippen LogP contribution in [-0.2, 0) is 11.2 Å². The van der Waals surface area contributed by atoms with Gasteiger partial charge in [-0.1, -0.05) is 48.6 Å². The summed E-state index contributed by atoms with van der Waals surface area (Å²) in [4.78, 5) is 26.2. The number of carbonyl (C=O) groups excluding carboxylic acids is 2. The number of nitrogens with one attached hydrogen (secondary N) is 1. The van der Waals surface area contributed by atoms with E-state index in [0.717, 1.165) is 46.3 Å². The lowest BCUT2D eigenvalue weighted by molar-refractivity contribution is -0.113. The quantitative estimate of drug-likeness (QED) is 0.285. The van der Waals surface area contributed by atoms with Crippen LogP contribution in [0.25, 0.3) is 10.8 Å². The monoisotopic (exact) mass is 462 g/mol. The molecule has 1 aliphatic rings. The van der Waals surface area contributed by atoms with Crippen LogP contribution < -0.4 is 10.3 Å². The summed E-state index contributed by atoms with van der Waals surface area (Å²) < 4.78 is 14.0. The number of piperidine rings is 1. The van der Waals surface area contributed by atoms with Crippen LogP contribution >= 0.6 is 0 Å². The number of hydrazine groups is 1. The van der Waals surface area contributed by atoms with Crippen LogP contribution in [0.3, 0.4) is 0 Å². The van der Waals surface area contributed by atoms with Gasteiger partial charge in [-0.25, -0.2) is 9.80 Å². The number of amides is 3. The zero-order valence-electron chi connectivity index (χ0n) is 19.9. The van der Waals surface area contributed by atoms with E-state index in [1.54, 1.807) is 0 Å². The van der Waals surface area contributed by atoms with Crippen LogP contribution in [0.4, 0.5) is 20.7 Å². The summed E-state index contributed by atoms with van der Waals surface area (Å²) >= 11 is 0. The molecule has 1 N–H and O–H groups in total. The summed E-state index contributed by atoms with van der Waals surface area (Å²) in [7, 11) is 1.20. The molecule has 0 unspecified atom stereocenters. The molecule has 1 fully saturated rings. The lowest BCUT2D eigenvalue weighted by Gasteiger charge is -2.33. The molecular weight excluding hydrogens is 431 g/mol. The Hall–Kier alpha value is -3.45. The number of likely N-dealkylation sites (tertiary alicyclic amines) is 1. The Morgan fingerprint density at radius 3 is 2.56 bits per heavy atom. The standard InChI is InChI=1S/C27H31FN4O2/c1-4-20-8-6-9-22(17-20)29-27(34)31-15-13-21(14-16-31)23-11-12-25(32(18-33)30(3)28)26-19(2)7-5-10-24(23)26/h5-12,17-18,21H,4,13-16H2,1-3H3,(H,29,34). The Bertz CT molecular complexity index is 1190.